The zero-order chi connectivity index (χ0) is 27.9. The van der Waals surface area contributed by atoms with E-state index in [-0.39, 0.29) is 17.7 Å². The van der Waals surface area contributed by atoms with Gasteiger partial charge in [0.25, 0.3) is 0 Å². The molecule has 2 aromatic rings. The summed E-state index contributed by atoms with van der Waals surface area (Å²) in [5.74, 6) is -0.585. The van der Waals surface area contributed by atoms with Crippen LogP contribution in [0.15, 0.2) is 42.5 Å². The van der Waals surface area contributed by atoms with Gasteiger partial charge in [0.1, 0.15) is 12.1 Å². The highest BCUT2D eigenvalue weighted by molar-refractivity contribution is 5.93. The second-order valence-electron chi connectivity index (χ2n) is 12.0. The molecule has 0 spiro atoms. The molecule has 8 heteroatoms. The molecule has 208 valence electrons. The Labute approximate surface area is 226 Å². The summed E-state index contributed by atoms with van der Waals surface area (Å²) in [7, 11) is 0. The van der Waals surface area contributed by atoms with Crippen LogP contribution in [0, 0.1) is 5.41 Å². The molecule has 38 heavy (non-hydrogen) atoms. The molecule has 0 unspecified atom stereocenters. The minimum absolute atomic E-state index is 0.0516. The minimum Gasteiger partial charge on any atom is -0.389 e. The number of carbonyl (C=O) groups is 3. The molecule has 1 aliphatic heterocycles. The fourth-order valence-electron chi connectivity index (χ4n) is 4.73. The number of hydrogen-bond donors (Lipinski definition) is 4. The van der Waals surface area contributed by atoms with Gasteiger partial charge in [0.05, 0.1) is 5.60 Å². The molecule has 2 atom stereocenters. The van der Waals surface area contributed by atoms with Crippen LogP contribution in [0.1, 0.15) is 59.4 Å². The predicted octanol–water partition coefficient (Wildman–Crippen LogP) is 2.77. The van der Waals surface area contributed by atoms with Gasteiger partial charge in [0.15, 0.2) is 0 Å². The Hall–Kier alpha value is -2.97. The largest absolute Gasteiger partial charge is 0.389 e. The van der Waals surface area contributed by atoms with E-state index in [1.54, 1.807) is 18.7 Å². The zero-order valence-electron chi connectivity index (χ0n) is 23.5. The Morgan fingerprint density at radius 3 is 2.42 bits per heavy atom. The van der Waals surface area contributed by atoms with Crippen LogP contribution in [0.3, 0.4) is 0 Å². The lowest BCUT2D eigenvalue weighted by Gasteiger charge is -2.31. The molecular weight excluding hydrogens is 480 g/mol. The van der Waals surface area contributed by atoms with Crippen LogP contribution in [0.4, 0.5) is 0 Å². The first-order chi connectivity index (χ1) is 17.8. The summed E-state index contributed by atoms with van der Waals surface area (Å²) in [4.78, 5) is 41.3. The second kappa shape index (κ2) is 12.7. The van der Waals surface area contributed by atoms with Crippen molar-refractivity contribution in [2.45, 2.75) is 78.0 Å². The predicted molar refractivity (Wildman–Crippen MR) is 151 cm³/mol. The van der Waals surface area contributed by atoms with Gasteiger partial charge in [-0.25, -0.2) is 0 Å². The summed E-state index contributed by atoms with van der Waals surface area (Å²) in [5.41, 5.74) is -0.421. The van der Waals surface area contributed by atoms with Gasteiger partial charge in [-0.1, -0.05) is 63.2 Å². The molecule has 0 aromatic heterocycles. The van der Waals surface area contributed by atoms with Crippen LogP contribution in [0.25, 0.3) is 10.8 Å². The summed E-state index contributed by atoms with van der Waals surface area (Å²) < 4.78 is 0. The van der Waals surface area contributed by atoms with E-state index >= 15 is 0 Å². The van der Waals surface area contributed by atoms with E-state index in [1.807, 2.05) is 63.2 Å². The average molecular weight is 525 g/mol. The minimum atomic E-state index is -0.791. The van der Waals surface area contributed by atoms with E-state index in [0.717, 1.165) is 22.8 Å². The van der Waals surface area contributed by atoms with Crippen LogP contribution in [-0.4, -0.2) is 71.6 Å². The number of amides is 3. The van der Waals surface area contributed by atoms with E-state index in [4.69, 9.17) is 0 Å². The highest BCUT2D eigenvalue weighted by Crippen LogP contribution is 2.26. The molecule has 1 saturated heterocycles. The lowest BCUT2D eigenvalue weighted by Crippen LogP contribution is -2.55. The number of fused-ring (bicyclic) bond motifs is 1. The van der Waals surface area contributed by atoms with E-state index in [2.05, 4.69) is 16.0 Å². The van der Waals surface area contributed by atoms with Crippen molar-refractivity contribution in [1.29, 1.82) is 0 Å². The molecule has 3 rings (SSSR count). The standard InChI is InChI=1S/C30H44N4O4/c1-29(2,3)28(37)34-17-8-12-25(34)27(36)33-24(26(35)32-16-9-15-31-20-30(4,5)38)19-21-13-14-22-10-6-7-11-23(22)18-21/h6-7,10-11,13-14,18,24-25,31,38H,8-9,12,15-17,19-20H2,1-5H3,(H,32,35)(H,33,36)/t24-,25+/m1/s1. The quantitative estimate of drug-likeness (QED) is 0.338. The Bertz CT molecular complexity index is 1120. The Morgan fingerprint density at radius 1 is 1.03 bits per heavy atom. The van der Waals surface area contributed by atoms with Crippen molar-refractivity contribution in [3.63, 3.8) is 0 Å². The molecule has 3 amide bonds. The van der Waals surface area contributed by atoms with Crippen molar-refractivity contribution in [2.24, 2.45) is 5.41 Å². The maximum atomic E-state index is 13.4. The Kier molecular flexibility index (Phi) is 9.90. The molecule has 8 nitrogen and oxygen atoms in total. The maximum absolute atomic E-state index is 13.4. The van der Waals surface area contributed by atoms with Crippen molar-refractivity contribution in [3.05, 3.63) is 48.0 Å². The van der Waals surface area contributed by atoms with E-state index < -0.39 is 23.1 Å². The summed E-state index contributed by atoms with van der Waals surface area (Å²) in [5, 5.41) is 21.1. The third-order valence-electron chi connectivity index (χ3n) is 6.73. The molecule has 0 aliphatic carbocycles. The number of nitrogens with zero attached hydrogens (tertiary/aromatic N) is 1. The number of benzene rings is 2. The molecular formula is C30H44N4O4. The van der Waals surface area contributed by atoms with Crippen LogP contribution < -0.4 is 16.0 Å². The SMILES string of the molecule is CC(C)(O)CNCCCNC(=O)[C@@H](Cc1ccc2ccccc2c1)NC(=O)[C@@H]1CCCN1C(=O)C(C)(C)C. The van der Waals surface area contributed by atoms with Crippen LogP contribution in [0.5, 0.6) is 0 Å². The summed E-state index contributed by atoms with van der Waals surface area (Å²) in [6.45, 7) is 11.2. The maximum Gasteiger partial charge on any atom is 0.243 e. The third kappa shape index (κ3) is 8.53. The summed E-state index contributed by atoms with van der Waals surface area (Å²) in [6.07, 6.45) is 2.39. The lowest BCUT2D eigenvalue weighted by atomic mass is 9.94. The van der Waals surface area contributed by atoms with Crippen molar-refractivity contribution in [2.75, 3.05) is 26.2 Å². The van der Waals surface area contributed by atoms with Gasteiger partial charge in [-0.3, -0.25) is 14.4 Å². The highest BCUT2D eigenvalue weighted by Gasteiger charge is 2.39. The lowest BCUT2D eigenvalue weighted by molar-refractivity contribution is -0.145. The van der Waals surface area contributed by atoms with Crippen molar-refractivity contribution in [3.8, 4) is 0 Å². The first-order valence-corrected chi connectivity index (χ1v) is 13.6. The van der Waals surface area contributed by atoms with Gasteiger partial charge in [-0.05, 0) is 56.0 Å². The van der Waals surface area contributed by atoms with Crippen molar-refractivity contribution < 1.29 is 19.5 Å². The molecule has 0 bridgehead atoms. The molecule has 1 heterocycles. The fourth-order valence-corrected chi connectivity index (χ4v) is 4.73. The number of carbonyl (C=O) groups excluding carboxylic acids is 3. The van der Waals surface area contributed by atoms with E-state index in [0.29, 0.717) is 45.4 Å². The molecule has 0 saturated carbocycles. The molecule has 4 N–H and O–H groups in total. The Balaban J connectivity index is 1.69. The first kappa shape index (κ1) is 29.6. The van der Waals surface area contributed by atoms with Crippen molar-refractivity contribution in [1.82, 2.24) is 20.9 Å². The summed E-state index contributed by atoms with van der Waals surface area (Å²) in [6, 6.07) is 12.8. The van der Waals surface area contributed by atoms with Crippen molar-refractivity contribution >= 4 is 28.5 Å². The van der Waals surface area contributed by atoms with Gasteiger partial charge in [-0.2, -0.15) is 0 Å². The van der Waals surface area contributed by atoms with Crippen LogP contribution in [-0.2, 0) is 20.8 Å². The summed E-state index contributed by atoms with van der Waals surface area (Å²) >= 11 is 0. The van der Waals surface area contributed by atoms with Gasteiger partial charge in [0.2, 0.25) is 17.7 Å². The van der Waals surface area contributed by atoms with E-state index in [9.17, 15) is 19.5 Å². The molecule has 0 radical (unpaired) electrons. The van der Waals surface area contributed by atoms with Gasteiger partial charge < -0.3 is 26.0 Å². The number of likely N-dealkylation sites (tertiary alicyclic amines) is 1. The fraction of sp³-hybridized carbons (Fsp3) is 0.567. The number of hydrogen-bond acceptors (Lipinski definition) is 5. The highest BCUT2D eigenvalue weighted by atomic mass is 16.3. The smallest absolute Gasteiger partial charge is 0.243 e. The monoisotopic (exact) mass is 524 g/mol. The van der Waals surface area contributed by atoms with Gasteiger partial charge >= 0.3 is 0 Å². The zero-order valence-corrected chi connectivity index (χ0v) is 23.5. The van der Waals surface area contributed by atoms with Gasteiger partial charge in [0, 0.05) is 31.5 Å². The first-order valence-electron chi connectivity index (χ1n) is 13.6. The number of aliphatic hydroxyl groups is 1. The molecule has 1 aliphatic rings. The topological polar surface area (TPSA) is 111 Å². The normalized spacial score (nSPS) is 16.9. The van der Waals surface area contributed by atoms with E-state index in [1.165, 1.54) is 0 Å². The number of rotatable bonds is 11. The third-order valence-corrected chi connectivity index (χ3v) is 6.73. The Morgan fingerprint density at radius 2 is 1.74 bits per heavy atom. The molecule has 2 aromatic carbocycles. The number of nitrogens with one attached hydrogen (secondary N) is 3. The van der Waals surface area contributed by atoms with Crippen LogP contribution in [0.2, 0.25) is 0 Å². The van der Waals surface area contributed by atoms with Crippen LogP contribution >= 0.6 is 0 Å². The second-order valence-corrected chi connectivity index (χ2v) is 12.0. The average Bonchev–Trinajstić information content (AvgIpc) is 3.33. The van der Waals surface area contributed by atoms with Gasteiger partial charge in [-0.15, -0.1) is 0 Å². The molecule has 1 fully saturated rings.